The van der Waals surface area contributed by atoms with Gasteiger partial charge in [-0.05, 0) is 32.0 Å². The van der Waals surface area contributed by atoms with Gasteiger partial charge in [0.25, 0.3) is 5.91 Å². The zero-order chi connectivity index (χ0) is 19.5. The Hall–Kier alpha value is -3.01. The maximum atomic E-state index is 12.4. The molecule has 0 aliphatic heterocycles. The van der Waals surface area contributed by atoms with Crippen molar-refractivity contribution in [2.45, 2.75) is 24.1 Å². The number of methoxy groups -OCH3 is 1. The molecule has 2 heterocycles. The third-order valence-electron chi connectivity index (χ3n) is 3.41. The number of nitrogens with zero attached hydrogens (tertiary/aromatic N) is 2. The van der Waals surface area contributed by atoms with Crippen LogP contribution in [0.2, 0.25) is 0 Å². The summed E-state index contributed by atoms with van der Waals surface area (Å²) in [6.07, 6.45) is 1.10. The van der Waals surface area contributed by atoms with Crippen LogP contribution in [0, 0.1) is 0 Å². The molecular weight excluding hydrogens is 362 g/mol. The molecule has 0 saturated heterocycles. The standard InChI is InChI=1S/C16H17N3O6S/c1-9(2)26(23,24)14-7-11(6-13(19-14)25-3)15(20)18-12-5-4-10(8-17-12)16(21)22/h4-9H,1-3H3,(H,21,22)(H,17,18,20). The average molecular weight is 379 g/mol. The number of carbonyl (C=O) groups excluding carboxylic acids is 1. The van der Waals surface area contributed by atoms with Gasteiger partial charge in [0.15, 0.2) is 14.9 Å². The lowest BCUT2D eigenvalue weighted by Gasteiger charge is -2.11. The number of aromatic carboxylic acids is 1. The molecule has 9 nitrogen and oxygen atoms in total. The van der Waals surface area contributed by atoms with E-state index in [1.54, 1.807) is 0 Å². The number of ether oxygens (including phenoxy) is 1. The summed E-state index contributed by atoms with van der Waals surface area (Å²) >= 11 is 0. The fraction of sp³-hybridized carbons (Fsp3) is 0.250. The first-order valence-electron chi connectivity index (χ1n) is 7.46. The summed E-state index contributed by atoms with van der Waals surface area (Å²) in [5.74, 6) is -1.69. The quantitative estimate of drug-likeness (QED) is 0.773. The van der Waals surface area contributed by atoms with E-state index in [-0.39, 0.29) is 27.9 Å². The molecule has 2 rings (SSSR count). The lowest BCUT2D eigenvalue weighted by atomic mass is 10.2. The van der Waals surface area contributed by atoms with Gasteiger partial charge >= 0.3 is 5.97 Å². The van der Waals surface area contributed by atoms with Gasteiger partial charge in [-0.1, -0.05) is 0 Å². The van der Waals surface area contributed by atoms with Gasteiger partial charge in [-0.3, -0.25) is 4.79 Å². The molecule has 0 atom stereocenters. The van der Waals surface area contributed by atoms with Gasteiger partial charge in [0.2, 0.25) is 5.88 Å². The van der Waals surface area contributed by atoms with E-state index >= 15 is 0 Å². The van der Waals surface area contributed by atoms with E-state index in [4.69, 9.17) is 9.84 Å². The number of hydrogen-bond donors (Lipinski definition) is 2. The number of hydrogen-bond acceptors (Lipinski definition) is 7. The van der Waals surface area contributed by atoms with Crippen molar-refractivity contribution in [1.82, 2.24) is 9.97 Å². The number of sulfone groups is 1. The van der Waals surface area contributed by atoms with E-state index in [9.17, 15) is 18.0 Å². The maximum absolute atomic E-state index is 12.4. The van der Waals surface area contributed by atoms with E-state index in [0.717, 1.165) is 12.3 Å². The molecule has 0 aliphatic rings. The first kappa shape index (κ1) is 19.3. The molecule has 0 bridgehead atoms. The van der Waals surface area contributed by atoms with Crippen molar-refractivity contribution < 1.29 is 27.9 Å². The fourth-order valence-electron chi connectivity index (χ4n) is 1.89. The van der Waals surface area contributed by atoms with Crippen molar-refractivity contribution in [3.8, 4) is 5.88 Å². The number of carboxylic acid groups (broad SMARTS) is 1. The van der Waals surface area contributed by atoms with Gasteiger partial charge < -0.3 is 15.2 Å². The molecule has 10 heteroatoms. The van der Waals surface area contributed by atoms with Crippen molar-refractivity contribution in [1.29, 1.82) is 0 Å². The third-order valence-corrected chi connectivity index (χ3v) is 5.45. The number of nitrogens with one attached hydrogen (secondary N) is 1. The number of pyridine rings is 2. The summed E-state index contributed by atoms with van der Waals surface area (Å²) < 4.78 is 29.6. The van der Waals surface area contributed by atoms with Crippen molar-refractivity contribution in [3.63, 3.8) is 0 Å². The SMILES string of the molecule is COc1cc(C(=O)Nc2ccc(C(=O)O)cn2)cc(S(=O)(=O)C(C)C)n1. The van der Waals surface area contributed by atoms with Crippen molar-refractivity contribution >= 4 is 27.5 Å². The van der Waals surface area contributed by atoms with Crippen molar-refractivity contribution in [3.05, 3.63) is 41.6 Å². The number of amides is 1. The zero-order valence-corrected chi connectivity index (χ0v) is 15.1. The van der Waals surface area contributed by atoms with Gasteiger partial charge in [0.1, 0.15) is 5.82 Å². The summed E-state index contributed by atoms with van der Waals surface area (Å²) in [6.45, 7) is 3.01. The number of rotatable bonds is 6. The Morgan fingerprint density at radius 3 is 2.38 bits per heavy atom. The molecule has 2 N–H and O–H groups in total. The highest BCUT2D eigenvalue weighted by molar-refractivity contribution is 7.91. The molecule has 2 aromatic rings. The maximum Gasteiger partial charge on any atom is 0.337 e. The van der Waals surface area contributed by atoms with Crippen LogP contribution in [0.4, 0.5) is 5.82 Å². The molecule has 0 aliphatic carbocycles. The molecule has 0 fully saturated rings. The molecule has 1 amide bonds. The summed E-state index contributed by atoms with van der Waals surface area (Å²) in [7, 11) is -2.40. The molecule has 2 aromatic heterocycles. The Morgan fingerprint density at radius 2 is 1.88 bits per heavy atom. The van der Waals surface area contributed by atoms with Crippen LogP contribution in [0.1, 0.15) is 34.6 Å². The summed E-state index contributed by atoms with van der Waals surface area (Å²) in [4.78, 5) is 30.9. The minimum atomic E-state index is -3.71. The second-order valence-electron chi connectivity index (χ2n) is 5.52. The van der Waals surface area contributed by atoms with Crippen LogP contribution in [0.5, 0.6) is 5.88 Å². The van der Waals surface area contributed by atoms with Crippen LogP contribution in [0.3, 0.4) is 0 Å². The van der Waals surface area contributed by atoms with Gasteiger partial charge in [0.05, 0.1) is 17.9 Å². The first-order valence-corrected chi connectivity index (χ1v) is 9.00. The number of carbonyl (C=O) groups is 2. The number of anilines is 1. The average Bonchev–Trinajstić information content (AvgIpc) is 2.61. The largest absolute Gasteiger partial charge is 0.481 e. The molecule has 0 unspecified atom stereocenters. The summed E-state index contributed by atoms with van der Waals surface area (Å²) in [6, 6.07) is 5.05. The second-order valence-corrected chi connectivity index (χ2v) is 7.97. The molecule has 0 spiro atoms. The molecule has 26 heavy (non-hydrogen) atoms. The Kier molecular flexibility index (Phi) is 5.56. The highest BCUT2D eigenvalue weighted by Crippen LogP contribution is 2.20. The number of carboxylic acids is 1. The molecular formula is C16H17N3O6S. The second kappa shape index (κ2) is 7.48. The van der Waals surface area contributed by atoms with Gasteiger partial charge in [-0.25, -0.2) is 23.2 Å². The Morgan fingerprint density at radius 1 is 1.19 bits per heavy atom. The smallest absolute Gasteiger partial charge is 0.337 e. The molecule has 138 valence electrons. The Balaban J connectivity index is 2.35. The topological polar surface area (TPSA) is 136 Å². The highest BCUT2D eigenvalue weighted by Gasteiger charge is 2.24. The first-order chi connectivity index (χ1) is 12.1. The van der Waals surface area contributed by atoms with Gasteiger partial charge in [-0.15, -0.1) is 0 Å². The highest BCUT2D eigenvalue weighted by atomic mass is 32.2. The van der Waals surface area contributed by atoms with E-state index in [0.29, 0.717) is 0 Å². The predicted molar refractivity (Wildman–Crippen MR) is 92.3 cm³/mol. The summed E-state index contributed by atoms with van der Waals surface area (Å²) in [5.41, 5.74) is -0.0147. The monoisotopic (exact) mass is 379 g/mol. The zero-order valence-electron chi connectivity index (χ0n) is 14.3. The fourth-order valence-corrected chi connectivity index (χ4v) is 2.88. The van der Waals surface area contributed by atoms with Gasteiger partial charge in [-0.2, -0.15) is 0 Å². The number of aromatic nitrogens is 2. The Labute approximate surface area is 150 Å². The lowest BCUT2D eigenvalue weighted by Crippen LogP contribution is -2.18. The molecule has 0 aromatic carbocycles. The normalized spacial score (nSPS) is 11.2. The van der Waals surface area contributed by atoms with Crippen molar-refractivity contribution in [2.24, 2.45) is 0 Å². The van der Waals surface area contributed by atoms with Crippen LogP contribution in [-0.2, 0) is 9.84 Å². The minimum Gasteiger partial charge on any atom is -0.481 e. The van der Waals surface area contributed by atoms with Crippen LogP contribution < -0.4 is 10.1 Å². The van der Waals surface area contributed by atoms with E-state index in [2.05, 4.69) is 15.3 Å². The van der Waals surface area contributed by atoms with E-state index in [1.165, 1.54) is 39.2 Å². The minimum absolute atomic E-state index is 0.0141. The van der Waals surface area contributed by atoms with E-state index in [1.807, 2.05) is 0 Å². The predicted octanol–water partition coefficient (Wildman–Crippen LogP) is 1.62. The van der Waals surface area contributed by atoms with Crippen LogP contribution in [0.15, 0.2) is 35.5 Å². The lowest BCUT2D eigenvalue weighted by molar-refractivity contribution is 0.0696. The van der Waals surface area contributed by atoms with Crippen LogP contribution in [-0.4, -0.2) is 47.7 Å². The summed E-state index contributed by atoms with van der Waals surface area (Å²) in [5, 5.41) is 10.3. The molecule has 0 saturated carbocycles. The van der Waals surface area contributed by atoms with E-state index < -0.39 is 27.0 Å². The molecule has 0 radical (unpaired) electrons. The van der Waals surface area contributed by atoms with Gasteiger partial charge in [0, 0.05) is 17.8 Å². The van der Waals surface area contributed by atoms with Crippen LogP contribution >= 0.6 is 0 Å². The third kappa shape index (κ3) is 4.14. The Bertz CT molecular complexity index is 939. The van der Waals surface area contributed by atoms with Crippen molar-refractivity contribution in [2.75, 3.05) is 12.4 Å². The van der Waals surface area contributed by atoms with Crippen LogP contribution in [0.25, 0.3) is 0 Å².